The molecular weight excluding hydrogens is 330 g/mol. The van der Waals surface area contributed by atoms with Gasteiger partial charge < -0.3 is 18.9 Å². The lowest BCUT2D eigenvalue weighted by Gasteiger charge is -2.34. The van der Waals surface area contributed by atoms with Crippen molar-refractivity contribution in [2.45, 2.75) is 25.9 Å². The van der Waals surface area contributed by atoms with Crippen LogP contribution in [0.25, 0.3) is 0 Å². The van der Waals surface area contributed by atoms with Crippen molar-refractivity contribution >= 4 is 0 Å². The van der Waals surface area contributed by atoms with Gasteiger partial charge in [-0.1, -0.05) is 6.07 Å². The molecule has 1 aliphatic rings. The highest BCUT2D eigenvalue weighted by Crippen LogP contribution is 2.38. The third kappa shape index (κ3) is 3.08. The fourth-order valence-electron chi connectivity index (χ4n) is 3.60. The molecule has 3 heterocycles. The molecule has 0 spiro atoms. The molecule has 0 fully saturated rings. The molecule has 0 amide bonds. The fourth-order valence-corrected chi connectivity index (χ4v) is 3.60. The number of methoxy groups -OCH3 is 1. The molecule has 3 aromatic rings. The van der Waals surface area contributed by atoms with Crippen LogP contribution in [0.5, 0.6) is 11.5 Å². The summed E-state index contributed by atoms with van der Waals surface area (Å²) in [6.45, 7) is 4.23. The van der Waals surface area contributed by atoms with E-state index in [0.29, 0.717) is 6.61 Å². The second-order valence-electron chi connectivity index (χ2n) is 6.31. The van der Waals surface area contributed by atoms with E-state index in [1.807, 2.05) is 25.1 Å². The molecular formula is C20H23N3O3. The summed E-state index contributed by atoms with van der Waals surface area (Å²) in [7, 11) is 1.66. The molecule has 6 nitrogen and oxygen atoms in total. The van der Waals surface area contributed by atoms with E-state index in [2.05, 4.69) is 27.0 Å². The number of ether oxygens (including phenoxy) is 2. The topological polar surface area (TPSA) is 63.5 Å². The van der Waals surface area contributed by atoms with E-state index in [4.69, 9.17) is 13.9 Å². The van der Waals surface area contributed by atoms with Crippen molar-refractivity contribution < 1.29 is 13.9 Å². The molecule has 6 heteroatoms. The lowest BCUT2D eigenvalue weighted by Crippen LogP contribution is -2.35. The van der Waals surface area contributed by atoms with Crippen LogP contribution in [0.1, 0.15) is 35.7 Å². The molecule has 4 rings (SSSR count). The zero-order valence-electron chi connectivity index (χ0n) is 15.1. The number of furan rings is 1. The summed E-state index contributed by atoms with van der Waals surface area (Å²) in [6.07, 6.45) is 4.44. The van der Waals surface area contributed by atoms with Crippen molar-refractivity contribution in [2.75, 3.05) is 20.3 Å². The van der Waals surface area contributed by atoms with E-state index in [1.165, 1.54) is 5.69 Å². The molecule has 0 bridgehead atoms. The van der Waals surface area contributed by atoms with Crippen LogP contribution < -0.4 is 9.47 Å². The molecule has 1 aliphatic heterocycles. The third-order valence-corrected chi connectivity index (χ3v) is 4.77. The molecule has 0 saturated heterocycles. The van der Waals surface area contributed by atoms with E-state index in [1.54, 1.807) is 19.7 Å². The second-order valence-corrected chi connectivity index (χ2v) is 6.31. The van der Waals surface area contributed by atoms with Gasteiger partial charge in [0.1, 0.15) is 5.76 Å². The molecule has 1 N–H and O–H groups in total. The Morgan fingerprint density at radius 1 is 1.31 bits per heavy atom. The molecule has 136 valence electrons. The Bertz CT molecular complexity index is 857. The van der Waals surface area contributed by atoms with E-state index in [0.717, 1.165) is 48.0 Å². The number of rotatable bonds is 6. The average molecular weight is 353 g/mol. The summed E-state index contributed by atoms with van der Waals surface area (Å²) in [4.78, 5) is 10.3. The Kier molecular flexibility index (Phi) is 4.67. The second kappa shape index (κ2) is 7.25. The number of benzene rings is 1. The molecule has 1 atom stereocenters. The first kappa shape index (κ1) is 16.7. The molecule has 26 heavy (non-hydrogen) atoms. The molecule has 0 radical (unpaired) electrons. The predicted molar refractivity (Wildman–Crippen MR) is 97.4 cm³/mol. The number of H-pyrrole nitrogens is 1. The van der Waals surface area contributed by atoms with Gasteiger partial charge in [0.25, 0.3) is 0 Å². The lowest BCUT2D eigenvalue weighted by atomic mass is 9.95. The van der Waals surface area contributed by atoms with Gasteiger partial charge in [-0.05, 0) is 36.8 Å². The summed E-state index contributed by atoms with van der Waals surface area (Å²) >= 11 is 0. The van der Waals surface area contributed by atoms with Crippen molar-refractivity contribution in [3.63, 3.8) is 0 Å². The van der Waals surface area contributed by atoms with Gasteiger partial charge >= 0.3 is 0 Å². The van der Waals surface area contributed by atoms with Crippen LogP contribution in [0.4, 0.5) is 0 Å². The average Bonchev–Trinajstić information content (AvgIpc) is 3.33. The highest BCUT2D eigenvalue weighted by Gasteiger charge is 2.32. The number of imidazole rings is 1. The molecule has 0 unspecified atom stereocenters. The Hall–Kier alpha value is -2.73. The predicted octanol–water partition coefficient (Wildman–Crippen LogP) is 3.56. The summed E-state index contributed by atoms with van der Waals surface area (Å²) in [5.41, 5.74) is 3.39. The van der Waals surface area contributed by atoms with Crippen LogP contribution in [0, 0.1) is 0 Å². The summed E-state index contributed by atoms with van der Waals surface area (Å²) in [6, 6.07) is 10.1. The first-order chi connectivity index (χ1) is 12.8. The van der Waals surface area contributed by atoms with Gasteiger partial charge in [0, 0.05) is 18.7 Å². The van der Waals surface area contributed by atoms with Gasteiger partial charge in [-0.25, -0.2) is 4.98 Å². The Balaban J connectivity index is 1.73. The number of hydrogen-bond donors (Lipinski definition) is 1. The van der Waals surface area contributed by atoms with Crippen LogP contribution in [-0.2, 0) is 13.0 Å². The molecule has 2 aromatic heterocycles. The lowest BCUT2D eigenvalue weighted by molar-refractivity contribution is 0.184. The van der Waals surface area contributed by atoms with Gasteiger partial charge in [-0.2, -0.15) is 0 Å². The maximum atomic E-state index is 5.78. The van der Waals surface area contributed by atoms with Gasteiger partial charge in [0.2, 0.25) is 0 Å². The van der Waals surface area contributed by atoms with Crippen LogP contribution in [0.2, 0.25) is 0 Å². The number of nitrogens with one attached hydrogen (secondary N) is 1. The van der Waals surface area contributed by atoms with Crippen molar-refractivity contribution in [1.29, 1.82) is 0 Å². The standard InChI is InChI=1S/C20H23N3O3/c1-3-25-18-11-14(6-7-17(18)24-2)20-19-16(21-13-22-19)8-9-23(20)12-15-5-4-10-26-15/h4-7,10-11,13,20H,3,8-9,12H2,1-2H3,(H,21,22)/t20-/m0/s1. The Morgan fingerprint density at radius 2 is 2.23 bits per heavy atom. The first-order valence-electron chi connectivity index (χ1n) is 8.89. The largest absolute Gasteiger partial charge is 0.493 e. The molecule has 1 aromatic carbocycles. The third-order valence-electron chi connectivity index (χ3n) is 4.77. The quantitative estimate of drug-likeness (QED) is 0.734. The van der Waals surface area contributed by atoms with Gasteiger partial charge in [-0.15, -0.1) is 0 Å². The zero-order chi connectivity index (χ0) is 17.9. The van der Waals surface area contributed by atoms with Crippen molar-refractivity contribution in [2.24, 2.45) is 0 Å². The minimum atomic E-state index is 0.0419. The molecule has 0 saturated carbocycles. The maximum absolute atomic E-state index is 5.78. The monoisotopic (exact) mass is 353 g/mol. The van der Waals surface area contributed by atoms with Crippen LogP contribution in [-0.4, -0.2) is 35.1 Å². The number of aromatic amines is 1. The Labute approximate surface area is 152 Å². The van der Waals surface area contributed by atoms with Crippen LogP contribution >= 0.6 is 0 Å². The smallest absolute Gasteiger partial charge is 0.161 e. The summed E-state index contributed by atoms with van der Waals surface area (Å²) in [5.74, 6) is 2.45. The number of aromatic nitrogens is 2. The normalized spacial score (nSPS) is 17.1. The number of hydrogen-bond acceptors (Lipinski definition) is 5. The SMILES string of the molecule is CCOc1cc([C@H]2c3nc[nH]c3CCN2Cc2ccco2)ccc1OC. The van der Waals surface area contributed by atoms with E-state index >= 15 is 0 Å². The van der Waals surface area contributed by atoms with Crippen molar-refractivity contribution in [3.05, 3.63) is 65.6 Å². The van der Waals surface area contributed by atoms with E-state index < -0.39 is 0 Å². The minimum absolute atomic E-state index is 0.0419. The van der Waals surface area contributed by atoms with Crippen molar-refractivity contribution in [3.8, 4) is 11.5 Å². The zero-order valence-corrected chi connectivity index (χ0v) is 15.1. The van der Waals surface area contributed by atoms with Gasteiger partial charge in [0.15, 0.2) is 11.5 Å². The van der Waals surface area contributed by atoms with Gasteiger partial charge in [0.05, 0.1) is 44.6 Å². The number of fused-ring (bicyclic) bond motifs is 1. The van der Waals surface area contributed by atoms with E-state index in [-0.39, 0.29) is 6.04 Å². The highest BCUT2D eigenvalue weighted by atomic mass is 16.5. The number of nitrogens with zero attached hydrogens (tertiary/aromatic N) is 2. The van der Waals surface area contributed by atoms with Crippen molar-refractivity contribution in [1.82, 2.24) is 14.9 Å². The summed E-state index contributed by atoms with van der Waals surface area (Å²) < 4.78 is 16.8. The Morgan fingerprint density at radius 3 is 3.00 bits per heavy atom. The van der Waals surface area contributed by atoms with Gasteiger partial charge in [-0.3, -0.25) is 4.90 Å². The highest BCUT2D eigenvalue weighted by molar-refractivity contribution is 5.46. The summed E-state index contributed by atoms with van der Waals surface area (Å²) in [5, 5.41) is 0. The van der Waals surface area contributed by atoms with E-state index in [9.17, 15) is 0 Å². The maximum Gasteiger partial charge on any atom is 0.161 e. The fraction of sp³-hybridized carbons (Fsp3) is 0.350. The molecule has 0 aliphatic carbocycles. The minimum Gasteiger partial charge on any atom is -0.493 e. The van der Waals surface area contributed by atoms with Crippen LogP contribution in [0.3, 0.4) is 0 Å². The first-order valence-corrected chi connectivity index (χ1v) is 8.89. The van der Waals surface area contributed by atoms with Crippen LogP contribution in [0.15, 0.2) is 47.3 Å².